The summed E-state index contributed by atoms with van der Waals surface area (Å²) < 4.78 is 5.08. The summed E-state index contributed by atoms with van der Waals surface area (Å²) in [7, 11) is 0. The van der Waals surface area contributed by atoms with Gasteiger partial charge in [0, 0.05) is 83.7 Å². The zero-order valence-corrected chi connectivity index (χ0v) is 85.9. The molecule has 11 nitrogen and oxygen atoms in total. The maximum atomic E-state index is 5.52. The Hall–Kier alpha value is -12.3. The van der Waals surface area contributed by atoms with Crippen LogP contribution < -0.4 is 26.2 Å². The lowest BCUT2D eigenvalue weighted by Gasteiger charge is -2.45. The SMILES string of the molecule is CC(C)(C)c1cc(C2=NC3=NC(c4ccc(N5c6cc(-n7c8ccc(C(C)(C)C)cc8c8cc(C(C)(C)C)ccc87)ccc6B6c7ccc(-n8c9ccc(C(C)(C)C)cc9c9cc(C(C)(C)C)ccc98)cc7N(c7ccc(-c8cc(C(C)(C)C)cc(C(C)(C)C)c8)cc7)c7cc(C(C)(C)C)cc5c76)cc4)=NC4=NC(c5cc(C(C)(C)C)cc(C(C)(C)C)c5)=NC(=N2)N34)cc(C(C)(C)C)c1. The normalized spacial score (nSPS) is 15.3. The molecule has 14 aromatic rings. The largest absolute Gasteiger partial charge is 0.311 e. The summed E-state index contributed by atoms with van der Waals surface area (Å²) in [4.78, 5) is 39.9. The summed E-state index contributed by atoms with van der Waals surface area (Å²) in [5, 5.41) is 5.00. The van der Waals surface area contributed by atoms with Gasteiger partial charge in [0.05, 0.1) is 22.1 Å². The van der Waals surface area contributed by atoms with Crippen molar-refractivity contribution in [2.24, 2.45) is 30.0 Å². The van der Waals surface area contributed by atoms with E-state index >= 15 is 0 Å². The highest BCUT2D eigenvalue weighted by Crippen LogP contribution is 2.51. The van der Waals surface area contributed by atoms with Crippen molar-refractivity contribution in [3.05, 3.63) is 302 Å². The Morgan fingerprint density at radius 2 is 0.433 bits per heavy atom. The topological polar surface area (TPSA) is 93.7 Å². The Morgan fingerprint density at radius 3 is 0.709 bits per heavy atom. The molecule has 0 saturated heterocycles. The molecule has 0 atom stereocenters. The van der Waals surface area contributed by atoms with E-state index < -0.39 is 0 Å². The molecular weight excluding hydrogens is 1630 g/mol. The molecule has 12 heteroatoms. The minimum atomic E-state index is -0.333. The first kappa shape index (κ1) is 90.9. The number of fused-ring (bicyclic) bond motifs is 10. The molecule has 0 N–H and O–H groups in total. The fourth-order valence-corrected chi connectivity index (χ4v) is 19.8. The molecule has 19 rings (SSSR count). The molecule has 134 heavy (non-hydrogen) atoms. The molecule has 5 aliphatic heterocycles. The molecule has 0 radical (unpaired) electrons. The van der Waals surface area contributed by atoms with Gasteiger partial charge >= 0.3 is 0 Å². The third kappa shape index (κ3) is 16.1. The van der Waals surface area contributed by atoms with Gasteiger partial charge in [-0.3, -0.25) is 0 Å². The maximum Gasteiger partial charge on any atom is 0.252 e. The highest BCUT2D eigenvalue weighted by Gasteiger charge is 2.46. The van der Waals surface area contributed by atoms with Crippen molar-refractivity contribution in [3.8, 4) is 22.5 Å². The Bertz CT molecular complexity index is 7150. The van der Waals surface area contributed by atoms with Gasteiger partial charge in [0.1, 0.15) is 0 Å². The first-order chi connectivity index (χ1) is 62.3. The van der Waals surface area contributed by atoms with Crippen LogP contribution in [0.5, 0.6) is 0 Å². The molecule has 0 bridgehead atoms. The molecular formula is C122H136BN11. The maximum absolute atomic E-state index is 5.52. The van der Waals surface area contributed by atoms with Gasteiger partial charge in [-0.15, -0.1) is 0 Å². The quantitative estimate of drug-likeness (QED) is 0.142. The number of benzene rings is 12. The van der Waals surface area contributed by atoms with Gasteiger partial charge in [-0.05, 0) is 294 Å². The Balaban J connectivity index is 0.861. The molecule has 7 heterocycles. The van der Waals surface area contributed by atoms with E-state index in [0.717, 1.165) is 73.2 Å². The average molecular weight is 1770 g/mol. The van der Waals surface area contributed by atoms with Crippen LogP contribution in [0.1, 0.15) is 306 Å². The van der Waals surface area contributed by atoms with Crippen LogP contribution >= 0.6 is 0 Å². The summed E-state index contributed by atoms with van der Waals surface area (Å²) in [6.45, 7) is 76.1. The summed E-state index contributed by atoms with van der Waals surface area (Å²) in [6.07, 6.45) is 0. The molecule has 0 aliphatic carbocycles. The van der Waals surface area contributed by atoms with Crippen LogP contribution in [0.15, 0.2) is 254 Å². The number of hydrogen-bond acceptors (Lipinski definition) is 9. The van der Waals surface area contributed by atoms with Gasteiger partial charge < -0.3 is 18.9 Å². The summed E-state index contributed by atoms with van der Waals surface area (Å²) in [5.41, 5.74) is 34.5. The Labute approximate surface area is 797 Å². The zero-order chi connectivity index (χ0) is 96.0. The first-order valence-electron chi connectivity index (χ1n) is 48.6. The lowest BCUT2D eigenvalue weighted by Crippen LogP contribution is -2.61. The van der Waals surface area contributed by atoms with Gasteiger partial charge in [0.2, 0.25) is 17.9 Å². The molecule has 12 aromatic carbocycles. The van der Waals surface area contributed by atoms with E-state index in [9.17, 15) is 0 Å². The van der Waals surface area contributed by atoms with E-state index in [1.54, 1.807) is 0 Å². The van der Waals surface area contributed by atoms with Gasteiger partial charge in [-0.1, -0.05) is 307 Å². The Morgan fingerprint density at radius 1 is 0.187 bits per heavy atom. The van der Waals surface area contributed by atoms with Crippen molar-refractivity contribution >= 4 is 136 Å². The second kappa shape index (κ2) is 30.6. The second-order valence-electron chi connectivity index (χ2n) is 50.2. The highest BCUT2D eigenvalue weighted by atomic mass is 15.5. The van der Waals surface area contributed by atoms with Gasteiger partial charge in [0.15, 0.2) is 17.5 Å². The van der Waals surface area contributed by atoms with Gasteiger partial charge in [-0.2, -0.15) is 30.0 Å². The monoisotopic (exact) mass is 1770 g/mol. The number of hydrogen-bond donors (Lipinski definition) is 0. The van der Waals surface area contributed by atoms with Crippen molar-refractivity contribution < 1.29 is 0 Å². The van der Waals surface area contributed by atoms with Crippen LogP contribution in [0.4, 0.5) is 34.1 Å². The van der Waals surface area contributed by atoms with E-state index in [0.29, 0.717) is 35.4 Å². The molecule has 5 aliphatic rings. The zero-order valence-electron chi connectivity index (χ0n) is 85.9. The number of aromatic nitrogens is 2. The molecule has 0 saturated carbocycles. The predicted octanol–water partition coefficient (Wildman–Crippen LogP) is 30.0. The van der Waals surface area contributed by atoms with Crippen LogP contribution in [0, 0.1) is 0 Å². The van der Waals surface area contributed by atoms with E-state index in [2.05, 4.69) is 472 Å². The van der Waals surface area contributed by atoms with Gasteiger partial charge in [-0.25, -0.2) is 4.90 Å². The van der Waals surface area contributed by atoms with Crippen molar-refractivity contribution in [2.75, 3.05) is 9.80 Å². The summed E-state index contributed by atoms with van der Waals surface area (Å²) >= 11 is 0. The van der Waals surface area contributed by atoms with E-state index in [4.69, 9.17) is 30.0 Å². The van der Waals surface area contributed by atoms with Gasteiger partial charge in [0.25, 0.3) is 6.71 Å². The summed E-state index contributed by atoms with van der Waals surface area (Å²) in [5.74, 6) is 2.75. The lowest BCUT2D eigenvalue weighted by atomic mass is 9.33. The minimum absolute atomic E-state index is 0.0639. The van der Waals surface area contributed by atoms with Crippen LogP contribution in [0.2, 0.25) is 0 Å². The molecule has 0 unspecified atom stereocenters. The smallest absolute Gasteiger partial charge is 0.252 e. The lowest BCUT2D eigenvalue weighted by molar-refractivity contribution is 0.568. The first-order valence-corrected chi connectivity index (χ1v) is 48.6. The predicted molar refractivity (Wildman–Crippen MR) is 577 cm³/mol. The second-order valence-corrected chi connectivity index (χ2v) is 50.2. The number of nitrogens with zero attached hydrogens (tertiary/aromatic N) is 11. The van der Waals surface area contributed by atoms with Crippen LogP contribution in [0.25, 0.3) is 66.1 Å². The van der Waals surface area contributed by atoms with Crippen LogP contribution in [-0.2, 0) is 59.6 Å². The number of guanidine groups is 3. The van der Waals surface area contributed by atoms with Crippen molar-refractivity contribution in [3.63, 3.8) is 0 Å². The van der Waals surface area contributed by atoms with Crippen molar-refractivity contribution in [1.82, 2.24) is 14.0 Å². The van der Waals surface area contributed by atoms with E-state index in [-0.39, 0.29) is 66.3 Å². The molecule has 0 spiro atoms. The highest BCUT2D eigenvalue weighted by molar-refractivity contribution is 7.00. The third-order valence-corrected chi connectivity index (χ3v) is 28.6. The number of anilines is 6. The number of amidine groups is 3. The van der Waals surface area contributed by atoms with E-state index in [1.165, 1.54) is 121 Å². The van der Waals surface area contributed by atoms with Crippen molar-refractivity contribution in [2.45, 2.75) is 288 Å². The van der Waals surface area contributed by atoms with Crippen molar-refractivity contribution in [1.29, 1.82) is 0 Å². The summed E-state index contributed by atoms with van der Waals surface area (Å²) in [6, 6.07) is 88.2. The number of aliphatic imine (C=N–C) groups is 6. The minimum Gasteiger partial charge on any atom is -0.311 e. The molecule has 2 aromatic heterocycles. The molecule has 682 valence electrons. The van der Waals surface area contributed by atoms with Crippen LogP contribution in [-0.4, -0.2) is 56.1 Å². The standard InChI is InChI=1S/C122H136BN11/c1-112(2,3)76-38-50-97-91(63-76)92-64-77(113(4,5)6)39-51-98(92)132(97)89-46-48-95-101(69-89)130(87-42-34-71(35-43-87)73-54-80(116(13,14)15)60-81(55-73)117(16,17)18)103-67-86(122(31,32)33)68-104-105(103)123(95)96-49-47-90(133-99-52-40-78(114(7,8)9)65-93(99)94-66-79(115(10,11)12)41-53-100(94)133)70-102(96)131(104)88-44-36-72(37-45-88)106-124-109-126-107(74-56-82(118(19,20)21)61-83(57-74)119(22,23)24)128-111-129-108(127-110(125-106)134(109)111)75-58-84(120(25,26)27)62-85(59-75)121(28,29)30/h34-70H,1-33H3. The number of rotatable bonds is 8. The van der Waals surface area contributed by atoms with Crippen LogP contribution in [0.3, 0.4) is 0 Å². The fraction of sp³-hybridized carbons (Fsp3) is 0.361. The molecule has 0 amide bonds. The van der Waals surface area contributed by atoms with E-state index in [1.807, 2.05) is 4.90 Å². The average Bonchev–Trinajstić information content (AvgIpc) is 0.825. The molecule has 0 fully saturated rings. The Kier molecular flexibility index (Phi) is 20.8. The fourth-order valence-electron chi connectivity index (χ4n) is 19.8. The third-order valence-electron chi connectivity index (χ3n) is 28.6.